The summed E-state index contributed by atoms with van der Waals surface area (Å²) in [5.41, 5.74) is 0. The first-order chi connectivity index (χ1) is 10.1. The van der Waals surface area contributed by atoms with E-state index in [2.05, 4.69) is 68.7 Å². The molecule has 114 valence electrons. The fourth-order valence-corrected chi connectivity index (χ4v) is 2.81. The lowest BCUT2D eigenvalue weighted by molar-refractivity contribution is 0.371. The summed E-state index contributed by atoms with van der Waals surface area (Å²) in [4.78, 5) is 13.1. The summed E-state index contributed by atoms with van der Waals surface area (Å²) in [6.07, 6.45) is 8.28. The summed E-state index contributed by atoms with van der Waals surface area (Å²) in [5, 5.41) is 0. The van der Waals surface area contributed by atoms with Crippen LogP contribution in [0.3, 0.4) is 0 Å². The van der Waals surface area contributed by atoms with Crippen LogP contribution in [0.15, 0.2) is 16.9 Å². The third-order valence-corrected chi connectivity index (χ3v) is 4.28. The van der Waals surface area contributed by atoms with E-state index in [1.165, 1.54) is 12.8 Å². The molecule has 0 aliphatic heterocycles. The second-order valence-corrected chi connectivity index (χ2v) is 6.79. The molecule has 0 unspecified atom stereocenters. The Balaban J connectivity index is 1.85. The van der Waals surface area contributed by atoms with Crippen LogP contribution in [-0.2, 0) is 0 Å². The molecule has 1 heterocycles. The van der Waals surface area contributed by atoms with Gasteiger partial charge in [0, 0.05) is 31.4 Å². The molecule has 1 aliphatic carbocycles. The number of hydrogen-bond acceptors (Lipinski definition) is 4. The molecule has 1 saturated carbocycles. The van der Waals surface area contributed by atoms with E-state index < -0.39 is 0 Å². The van der Waals surface area contributed by atoms with Gasteiger partial charge in [-0.2, -0.15) is 0 Å². The number of rotatable bonds is 3. The lowest BCUT2D eigenvalue weighted by Gasteiger charge is -2.33. The van der Waals surface area contributed by atoms with Gasteiger partial charge in [-0.25, -0.2) is 9.97 Å². The monoisotopic (exact) mass is 350 g/mol. The maximum absolute atomic E-state index is 4.38. The van der Waals surface area contributed by atoms with Gasteiger partial charge in [-0.3, -0.25) is 4.90 Å². The van der Waals surface area contributed by atoms with E-state index in [4.69, 9.17) is 0 Å². The van der Waals surface area contributed by atoms with Gasteiger partial charge in [0.05, 0.1) is 11.0 Å². The maximum Gasteiger partial charge on any atom is 0.225 e. The van der Waals surface area contributed by atoms with Crippen LogP contribution in [0.25, 0.3) is 0 Å². The molecule has 5 heteroatoms. The Morgan fingerprint density at radius 1 is 1.14 bits per heavy atom. The fourth-order valence-electron chi connectivity index (χ4n) is 2.61. The van der Waals surface area contributed by atoms with Crippen LogP contribution in [0.4, 0.5) is 5.95 Å². The molecule has 4 nitrogen and oxygen atoms in total. The summed E-state index contributed by atoms with van der Waals surface area (Å²) < 4.78 is 0.916. The zero-order valence-electron chi connectivity index (χ0n) is 13.0. The molecule has 1 fully saturated rings. The molecule has 0 saturated heterocycles. The summed E-state index contributed by atoms with van der Waals surface area (Å²) >= 11 is 3.37. The maximum atomic E-state index is 4.38. The van der Waals surface area contributed by atoms with E-state index in [0.717, 1.165) is 29.8 Å². The minimum atomic E-state index is 0.526. The SMILES string of the molecule is CN(C)CC#C[C@H]1CC[C@H](N(C)c2ncc(Br)cn2)CC1. The molecule has 2 rings (SSSR count). The predicted octanol–water partition coefficient (Wildman–Crippen LogP) is 2.80. The third-order valence-electron chi connectivity index (χ3n) is 3.87. The minimum Gasteiger partial charge on any atom is -0.341 e. The quantitative estimate of drug-likeness (QED) is 0.784. The molecule has 1 aromatic heterocycles. The van der Waals surface area contributed by atoms with E-state index in [0.29, 0.717) is 12.0 Å². The third kappa shape index (κ3) is 4.98. The second kappa shape index (κ2) is 7.77. The van der Waals surface area contributed by atoms with Gasteiger partial charge in [-0.05, 0) is 55.7 Å². The predicted molar refractivity (Wildman–Crippen MR) is 90.2 cm³/mol. The van der Waals surface area contributed by atoms with Crippen molar-refractivity contribution < 1.29 is 0 Å². The van der Waals surface area contributed by atoms with Gasteiger partial charge in [-0.1, -0.05) is 11.8 Å². The molecule has 0 atom stereocenters. The van der Waals surface area contributed by atoms with Gasteiger partial charge in [0.15, 0.2) is 0 Å². The van der Waals surface area contributed by atoms with Crippen molar-refractivity contribution in [2.45, 2.75) is 31.7 Å². The van der Waals surface area contributed by atoms with Gasteiger partial charge in [0.2, 0.25) is 5.95 Å². The van der Waals surface area contributed by atoms with Gasteiger partial charge < -0.3 is 4.90 Å². The molecule has 0 amide bonds. The number of aromatic nitrogens is 2. The van der Waals surface area contributed by atoms with Crippen LogP contribution >= 0.6 is 15.9 Å². The zero-order valence-corrected chi connectivity index (χ0v) is 14.6. The highest BCUT2D eigenvalue weighted by Crippen LogP contribution is 2.28. The van der Waals surface area contributed by atoms with Crippen molar-refractivity contribution in [1.29, 1.82) is 0 Å². The Morgan fingerprint density at radius 2 is 1.76 bits per heavy atom. The molecule has 0 aromatic carbocycles. The Labute approximate surface area is 136 Å². The Morgan fingerprint density at radius 3 is 2.33 bits per heavy atom. The van der Waals surface area contributed by atoms with Crippen LogP contribution < -0.4 is 4.90 Å². The largest absolute Gasteiger partial charge is 0.341 e. The van der Waals surface area contributed by atoms with Crippen molar-refractivity contribution >= 4 is 21.9 Å². The van der Waals surface area contributed by atoms with Crippen LogP contribution in [-0.4, -0.2) is 48.6 Å². The van der Waals surface area contributed by atoms with Crippen LogP contribution in [0.2, 0.25) is 0 Å². The van der Waals surface area contributed by atoms with Gasteiger partial charge in [0.1, 0.15) is 0 Å². The number of hydrogen-bond donors (Lipinski definition) is 0. The zero-order chi connectivity index (χ0) is 15.2. The highest BCUT2D eigenvalue weighted by atomic mass is 79.9. The van der Waals surface area contributed by atoms with Crippen LogP contribution in [0.5, 0.6) is 0 Å². The smallest absolute Gasteiger partial charge is 0.225 e. The molecule has 0 N–H and O–H groups in total. The van der Waals surface area contributed by atoms with E-state index in [1.807, 2.05) is 0 Å². The lowest BCUT2D eigenvalue weighted by atomic mass is 9.86. The fraction of sp³-hybridized carbons (Fsp3) is 0.625. The van der Waals surface area contributed by atoms with Crippen molar-refractivity contribution in [3.05, 3.63) is 16.9 Å². The molecule has 1 aliphatic rings. The Hall–Kier alpha value is -1.12. The molecule has 0 spiro atoms. The average molecular weight is 351 g/mol. The Kier molecular flexibility index (Phi) is 6.01. The van der Waals surface area contributed by atoms with E-state index >= 15 is 0 Å². The lowest BCUT2D eigenvalue weighted by Crippen LogP contribution is -2.36. The van der Waals surface area contributed by atoms with Gasteiger partial charge >= 0.3 is 0 Å². The molecule has 21 heavy (non-hydrogen) atoms. The molecule has 0 bridgehead atoms. The summed E-state index contributed by atoms with van der Waals surface area (Å²) in [5.74, 6) is 8.04. The van der Waals surface area contributed by atoms with Crippen molar-refractivity contribution in [3.63, 3.8) is 0 Å². The van der Waals surface area contributed by atoms with Crippen LogP contribution in [0, 0.1) is 17.8 Å². The standard InChI is InChI=1S/C16H23BrN4/c1-20(2)10-4-5-13-6-8-15(9-7-13)21(3)16-18-11-14(17)12-19-16/h11-13,15H,6-10H2,1-3H3/t13-,15-. The van der Waals surface area contributed by atoms with Crippen molar-refractivity contribution in [1.82, 2.24) is 14.9 Å². The van der Waals surface area contributed by atoms with Crippen molar-refractivity contribution in [2.24, 2.45) is 5.92 Å². The molecular formula is C16H23BrN4. The molecule has 1 aromatic rings. The number of halogens is 1. The van der Waals surface area contributed by atoms with E-state index in [9.17, 15) is 0 Å². The van der Waals surface area contributed by atoms with Gasteiger partial charge in [-0.15, -0.1) is 0 Å². The van der Waals surface area contributed by atoms with E-state index in [1.54, 1.807) is 12.4 Å². The van der Waals surface area contributed by atoms with Crippen molar-refractivity contribution in [3.8, 4) is 11.8 Å². The normalized spacial score (nSPS) is 21.8. The summed E-state index contributed by atoms with van der Waals surface area (Å²) in [6.45, 7) is 0.854. The Bertz CT molecular complexity index is 495. The van der Waals surface area contributed by atoms with Crippen LogP contribution in [0.1, 0.15) is 25.7 Å². The minimum absolute atomic E-state index is 0.526. The topological polar surface area (TPSA) is 32.3 Å². The summed E-state index contributed by atoms with van der Waals surface area (Å²) in [6, 6.07) is 0.526. The average Bonchev–Trinajstić information content (AvgIpc) is 2.48. The first kappa shape index (κ1) is 16.3. The molecular weight excluding hydrogens is 328 g/mol. The van der Waals surface area contributed by atoms with Crippen molar-refractivity contribution in [2.75, 3.05) is 32.6 Å². The van der Waals surface area contributed by atoms with E-state index in [-0.39, 0.29) is 0 Å². The highest BCUT2D eigenvalue weighted by molar-refractivity contribution is 9.10. The first-order valence-electron chi connectivity index (χ1n) is 7.39. The molecule has 0 radical (unpaired) electrons. The highest BCUT2D eigenvalue weighted by Gasteiger charge is 2.24. The first-order valence-corrected chi connectivity index (χ1v) is 8.19. The number of anilines is 1. The second-order valence-electron chi connectivity index (χ2n) is 5.88. The number of nitrogens with zero attached hydrogens (tertiary/aromatic N) is 4. The van der Waals surface area contributed by atoms with Gasteiger partial charge in [0.25, 0.3) is 0 Å². The summed E-state index contributed by atoms with van der Waals surface area (Å²) in [7, 11) is 6.20.